The Hall–Kier alpha value is -2.69. The summed E-state index contributed by atoms with van der Waals surface area (Å²) in [6.45, 7) is 0.330. The van der Waals surface area contributed by atoms with Crippen molar-refractivity contribution in [2.75, 3.05) is 12.4 Å². The van der Waals surface area contributed by atoms with Gasteiger partial charge in [-0.25, -0.2) is 4.39 Å². The molecule has 0 aliphatic carbocycles. The molecule has 2 rings (SSSR count). The van der Waals surface area contributed by atoms with Crippen molar-refractivity contribution in [3.05, 3.63) is 66.0 Å². The monoisotopic (exact) mass is 286 g/mol. The quantitative estimate of drug-likeness (QED) is 0.881. The Morgan fingerprint density at radius 1 is 1.10 bits per heavy atom. The van der Waals surface area contributed by atoms with Crippen LogP contribution in [0.1, 0.15) is 5.56 Å². The third kappa shape index (κ3) is 4.14. The van der Waals surface area contributed by atoms with Gasteiger partial charge in [0.25, 0.3) is 0 Å². The number of hydrogen-bond donors (Lipinski definition) is 1. The predicted molar refractivity (Wildman–Crippen MR) is 77.9 cm³/mol. The summed E-state index contributed by atoms with van der Waals surface area (Å²) in [4.78, 5) is 25.1. The van der Waals surface area contributed by atoms with Crippen LogP contribution in [-0.2, 0) is 16.1 Å². The standard InChI is InChI=1S/C16H15FN2O2/c1-19(11-12-6-3-2-4-7-12)16(21)15(20)18-14-9-5-8-13(17)10-14/h2-10H,11H2,1H3,(H,18,20). The summed E-state index contributed by atoms with van der Waals surface area (Å²) in [5.74, 6) is -1.94. The zero-order valence-electron chi connectivity index (χ0n) is 11.5. The summed E-state index contributed by atoms with van der Waals surface area (Å²) in [5.41, 5.74) is 1.17. The van der Waals surface area contributed by atoms with Gasteiger partial charge in [-0.05, 0) is 23.8 Å². The highest BCUT2D eigenvalue weighted by atomic mass is 19.1. The number of nitrogens with zero attached hydrogens (tertiary/aromatic N) is 1. The summed E-state index contributed by atoms with van der Waals surface area (Å²) in [6, 6.07) is 14.7. The number of carbonyl (C=O) groups is 2. The van der Waals surface area contributed by atoms with Gasteiger partial charge >= 0.3 is 11.8 Å². The van der Waals surface area contributed by atoms with E-state index in [1.165, 1.54) is 23.1 Å². The van der Waals surface area contributed by atoms with Crippen LogP contribution in [0.4, 0.5) is 10.1 Å². The first kappa shape index (κ1) is 14.7. The molecule has 1 N–H and O–H groups in total. The van der Waals surface area contributed by atoms with E-state index in [2.05, 4.69) is 5.32 Å². The van der Waals surface area contributed by atoms with Gasteiger partial charge in [-0.15, -0.1) is 0 Å². The molecule has 0 radical (unpaired) electrons. The van der Waals surface area contributed by atoms with E-state index in [1.807, 2.05) is 30.3 Å². The van der Waals surface area contributed by atoms with E-state index in [9.17, 15) is 14.0 Å². The fourth-order valence-electron chi connectivity index (χ4n) is 1.85. The smallest absolute Gasteiger partial charge is 0.313 e. The Bertz CT molecular complexity index is 644. The predicted octanol–water partition coefficient (Wildman–Crippen LogP) is 2.42. The Balaban J connectivity index is 1.97. The zero-order valence-corrected chi connectivity index (χ0v) is 11.5. The summed E-state index contributed by atoms with van der Waals surface area (Å²) in [6.07, 6.45) is 0. The second kappa shape index (κ2) is 6.65. The first-order valence-corrected chi connectivity index (χ1v) is 6.42. The molecule has 0 fully saturated rings. The van der Waals surface area contributed by atoms with Gasteiger partial charge < -0.3 is 10.2 Å². The van der Waals surface area contributed by atoms with Crippen molar-refractivity contribution in [2.45, 2.75) is 6.54 Å². The summed E-state index contributed by atoms with van der Waals surface area (Å²) >= 11 is 0. The first-order chi connectivity index (χ1) is 10.1. The molecule has 0 aromatic heterocycles. The minimum Gasteiger partial charge on any atom is -0.333 e. The molecule has 0 saturated carbocycles. The molecular weight excluding hydrogens is 271 g/mol. The molecule has 21 heavy (non-hydrogen) atoms. The topological polar surface area (TPSA) is 49.4 Å². The lowest BCUT2D eigenvalue weighted by Crippen LogP contribution is -2.36. The van der Waals surface area contributed by atoms with Gasteiger partial charge in [-0.3, -0.25) is 9.59 Å². The third-order valence-corrected chi connectivity index (χ3v) is 2.89. The fourth-order valence-corrected chi connectivity index (χ4v) is 1.85. The molecule has 2 amide bonds. The normalized spacial score (nSPS) is 10.0. The summed E-state index contributed by atoms with van der Waals surface area (Å²) in [7, 11) is 1.54. The van der Waals surface area contributed by atoms with Crippen LogP contribution in [0.2, 0.25) is 0 Å². The molecular formula is C16H15FN2O2. The highest BCUT2D eigenvalue weighted by Crippen LogP contribution is 2.09. The van der Waals surface area contributed by atoms with Gasteiger partial charge in [0.15, 0.2) is 0 Å². The van der Waals surface area contributed by atoms with Crippen LogP contribution in [-0.4, -0.2) is 23.8 Å². The van der Waals surface area contributed by atoms with Gasteiger partial charge in [0.05, 0.1) is 0 Å². The number of carbonyl (C=O) groups excluding carboxylic acids is 2. The summed E-state index contributed by atoms with van der Waals surface area (Å²) in [5, 5.41) is 2.38. The molecule has 0 aliphatic rings. The second-order valence-corrected chi connectivity index (χ2v) is 4.61. The Kier molecular flexibility index (Phi) is 4.66. The maximum absolute atomic E-state index is 13.0. The van der Waals surface area contributed by atoms with E-state index >= 15 is 0 Å². The largest absolute Gasteiger partial charge is 0.333 e. The number of amides is 2. The minimum atomic E-state index is -0.793. The lowest BCUT2D eigenvalue weighted by atomic mass is 10.2. The molecule has 2 aromatic rings. The van der Waals surface area contributed by atoms with Gasteiger partial charge in [0, 0.05) is 19.3 Å². The van der Waals surface area contributed by atoms with E-state index in [0.29, 0.717) is 6.54 Å². The van der Waals surface area contributed by atoms with Crippen molar-refractivity contribution >= 4 is 17.5 Å². The number of benzene rings is 2. The Labute approximate surface area is 122 Å². The second-order valence-electron chi connectivity index (χ2n) is 4.61. The van der Waals surface area contributed by atoms with Crippen LogP contribution < -0.4 is 5.32 Å². The number of rotatable bonds is 3. The lowest BCUT2D eigenvalue weighted by Gasteiger charge is -2.16. The van der Waals surface area contributed by atoms with E-state index in [0.717, 1.165) is 11.6 Å². The summed E-state index contributed by atoms with van der Waals surface area (Å²) < 4.78 is 13.0. The molecule has 0 heterocycles. The number of nitrogens with one attached hydrogen (secondary N) is 1. The SMILES string of the molecule is CN(Cc1ccccc1)C(=O)C(=O)Nc1cccc(F)c1. The average Bonchev–Trinajstić information content (AvgIpc) is 2.47. The van der Waals surface area contributed by atoms with Gasteiger partial charge in [0.2, 0.25) is 0 Å². The van der Waals surface area contributed by atoms with Crippen molar-refractivity contribution in [3.63, 3.8) is 0 Å². The molecule has 0 bridgehead atoms. The maximum Gasteiger partial charge on any atom is 0.313 e. The molecule has 0 aliphatic heterocycles. The van der Waals surface area contributed by atoms with Crippen molar-refractivity contribution in [1.29, 1.82) is 0 Å². The van der Waals surface area contributed by atoms with Crippen molar-refractivity contribution in [1.82, 2.24) is 4.90 Å². The molecule has 108 valence electrons. The molecule has 4 nitrogen and oxygen atoms in total. The highest BCUT2D eigenvalue weighted by molar-refractivity contribution is 6.39. The van der Waals surface area contributed by atoms with Crippen LogP contribution in [0.25, 0.3) is 0 Å². The Morgan fingerprint density at radius 3 is 2.48 bits per heavy atom. The zero-order chi connectivity index (χ0) is 15.2. The number of halogens is 1. The van der Waals surface area contributed by atoms with Gasteiger partial charge in [-0.2, -0.15) is 0 Å². The molecule has 2 aromatic carbocycles. The molecule has 5 heteroatoms. The molecule has 0 unspecified atom stereocenters. The van der Waals surface area contributed by atoms with Crippen molar-refractivity contribution in [3.8, 4) is 0 Å². The van der Waals surface area contributed by atoms with Crippen LogP contribution in [0.15, 0.2) is 54.6 Å². The van der Waals surface area contributed by atoms with Crippen LogP contribution >= 0.6 is 0 Å². The van der Waals surface area contributed by atoms with Crippen molar-refractivity contribution in [2.24, 2.45) is 0 Å². The number of hydrogen-bond acceptors (Lipinski definition) is 2. The van der Waals surface area contributed by atoms with E-state index in [4.69, 9.17) is 0 Å². The fraction of sp³-hybridized carbons (Fsp3) is 0.125. The van der Waals surface area contributed by atoms with E-state index in [-0.39, 0.29) is 5.69 Å². The molecule has 0 saturated heterocycles. The lowest BCUT2D eigenvalue weighted by molar-refractivity contribution is -0.142. The highest BCUT2D eigenvalue weighted by Gasteiger charge is 2.18. The van der Waals surface area contributed by atoms with Crippen LogP contribution in [0.5, 0.6) is 0 Å². The number of likely N-dealkylation sites (N-methyl/N-ethyl adjacent to an activating group) is 1. The molecule has 0 atom stereocenters. The maximum atomic E-state index is 13.0. The van der Waals surface area contributed by atoms with E-state index in [1.54, 1.807) is 7.05 Å². The Morgan fingerprint density at radius 2 is 1.81 bits per heavy atom. The van der Waals surface area contributed by atoms with Gasteiger partial charge in [-0.1, -0.05) is 36.4 Å². The third-order valence-electron chi connectivity index (χ3n) is 2.89. The van der Waals surface area contributed by atoms with E-state index < -0.39 is 17.6 Å². The van der Waals surface area contributed by atoms with Crippen LogP contribution in [0.3, 0.4) is 0 Å². The first-order valence-electron chi connectivity index (χ1n) is 6.42. The van der Waals surface area contributed by atoms with Crippen LogP contribution in [0, 0.1) is 5.82 Å². The van der Waals surface area contributed by atoms with Gasteiger partial charge in [0.1, 0.15) is 5.82 Å². The number of anilines is 1. The minimum absolute atomic E-state index is 0.251. The average molecular weight is 286 g/mol. The van der Waals surface area contributed by atoms with Crippen molar-refractivity contribution < 1.29 is 14.0 Å². The molecule has 0 spiro atoms.